The minimum absolute atomic E-state index is 0.0356. The molecule has 0 aromatic heterocycles. The van der Waals surface area contributed by atoms with E-state index in [4.69, 9.17) is 17.3 Å². The Hall–Kier alpha value is -0.860. The van der Waals surface area contributed by atoms with E-state index in [-0.39, 0.29) is 5.78 Å². The third-order valence-corrected chi connectivity index (χ3v) is 3.20. The largest absolute Gasteiger partial charge is 0.321 e. The van der Waals surface area contributed by atoms with Crippen molar-refractivity contribution in [1.82, 2.24) is 0 Å². The number of ketones is 1. The van der Waals surface area contributed by atoms with E-state index in [9.17, 15) is 4.79 Å². The monoisotopic (exact) mass is 223 g/mol. The fourth-order valence-electron chi connectivity index (χ4n) is 2.06. The molecule has 15 heavy (non-hydrogen) atoms. The molecule has 1 aromatic carbocycles. The standard InChI is InChI=1S/C12H14ClNO/c1-7(14)12(15)9-5-8-3-2-4-10(8)11(13)6-9/h5-7H,2-4,14H2,1H3. The van der Waals surface area contributed by atoms with Crippen LogP contribution >= 0.6 is 11.6 Å². The van der Waals surface area contributed by atoms with Gasteiger partial charge in [0, 0.05) is 10.6 Å². The highest BCUT2D eigenvalue weighted by atomic mass is 35.5. The molecule has 0 saturated carbocycles. The molecule has 1 atom stereocenters. The van der Waals surface area contributed by atoms with Gasteiger partial charge in [-0.2, -0.15) is 0 Å². The number of fused-ring (bicyclic) bond motifs is 1. The summed E-state index contributed by atoms with van der Waals surface area (Å²) in [6.07, 6.45) is 3.18. The van der Waals surface area contributed by atoms with Gasteiger partial charge in [-0.3, -0.25) is 4.79 Å². The molecule has 0 fully saturated rings. The first-order chi connectivity index (χ1) is 7.09. The van der Waals surface area contributed by atoms with Gasteiger partial charge in [0.05, 0.1) is 6.04 Å². The molecule has 0 radical (unpaired) electrons. The maximum atomic E-state index is 11.7. The minimum Gasteiger partial charge on any atom is -0.321 e. The van der Waals surface area contributed by atoms with Gasteiger partial charge in [0.25, 0.3) is 0 Å². The topological polar surface area (TPSA) is 43.1 Å². The Morgan fingerprint density at radius 2 is 2.20 bits per heavy atom. The van der Waals surface area contributed by atoms with Gasteiger partial charge in [-0.15, -0.1) is 0 Å². The quantitative estimate of drug-likeness (QED) is 0.783. The van der Waals surface area contributed by atoms with E-state index in [0.29, 0.717) is 10.6 Å². The lowest BCUT2D eigenvalue weighted by Crippen LogP contribution is -2.26. The van der Waals surface area contributed by atoms with Crippen molar-refractivity contribution in [2.24, 2.45) is 5.73 Å². The van der Waals surface area contributed by atoms with Gasteiger partial charge in [0.1, 0.15) is 0 Å². The maximum absolute atomic E-state index is 11.7. The van der Waals surface area contributed by atoms with Gasteiger partial charge >= 0.3 is 0 Å². The van der Waals surface area contributed by atoms with E-state index >= 15 is 0 Å². The summed E-state index contributed by atoms with van der Waals surface area (Å²) in [7, 11) is 0. The molecule has 2 rings (SSSR count). The van der Waals surface area contributed by atoms with Crippen molar-refractivity contribution in [2.45, 2.75) is 32.2 Å². The molecule has 1 aliphatic carbocycles. The van der Waals surface area contributed by atoms with E-state index < -0.39 is 6.04 Å². The highest BCUT2D eigenvalue weighted by Gasteiger charge is 2.19. The number of benzene rings is 1. The molecule has 0 saturated heterocycles. The summed E-state index contributed by atoms with van der Waals surface area (Å²) in [6.45, 7) is 1.70. The van der Waals surface area contributed by atoms with E-state index in [1.54, 1.807) is 13.0 Å². The van der Waals surface area contributed by atoms with Crippen LogP contribution in [0.4, 0.5) is 0 Å². The molecule has 0 heterocycles. The Kier molecular flexibility index (Phi) is 2.81. The number of rotatable bonds is 2. The Morgan fingerprint density at radius 3 is 2.87 bits per heavy atom. The lowest BCUT2D eigenvalue weighted by Gasteiger charge is -2.08. The van der Waals surface area contributed by atoms with Crippen molar-refractivity contribution in [3.05, 3.63) is 33.8 Å². The molecule has 0 amide bonds. The van der Waals surface area contributed by atoms with Crippen LogP contribution in [0.2, 0.25) is 5.02 Å². The second kappa shape index (κ2) is 3.95. The van der Waals surface area contributed by atoms with Crippen molar-refractivity contribution in [3.8, 4) is 0 Å². The van der Waals surface area contributed by atoms with Crippen LogP contribution in [0.5, 0.6) is 0 Å². The average Bonchev–Trinajstić information content (AvgIpc) is 2.64. The lowest BCUT2D eigenvalue weighted by atomic mass is 10.0. The molecule has 1 aromatic rings. The van der Waals surface area contributed by atoms with Crippen LogP contribution in [0, 0.1) is 0 Å². The predicted molar refractivity (Wildman–Crippen MR) is 61.5 cm³/mol. The van der Waals surface area contributed by atoms with Crippen LogP contribution in [0.1, 0.15) is 34.8 Å². The van der Waals surface area contributed by atoms with Gasteiger partial charge < -0.3 is 5.73 Å². The van der Waals surface area contributed by atoms with E-state index in [2.05, 4.69) is 0 Å². The summed E-state index contributed by atoms with van der Waals surface area (Å²) in [5.74, 6) is -0.0356. The number of halogens is 1. The number of nitrogens with two attached hydrogens (primary N) is 1. The van der Waals surface area contributed by atoms with Crippen LogP contribution in [-0.2, 0) is 12.8 Å². The van der Waals surface area contributed by atoms with Gasteiger partial charge in [-0.25, -0.2) is 0 Å². The fraction of sp³-hybridized carbons (Fsp3) is 0.417. The summed E-state index contributed by atoms with van der Waals surface area (Å²) in [4.78, 5) is 11.7. The number of carbonyl (C=O) groups excluding carboxylic acids is 1. The summed E-state index contributed by atoms with van der Waals surface area (Å²) in [6, 6.07) is 3.23. The highest BCUT2D eigenvalue weighted by Crippen LogP contribution is 2.30. The molecule has 2 N–H and O–H groups in total. The zero-order valence-electron chi connectivity index (χ0n) is 8.72. The molecule has 0 aliphatic heterocycles. The third kappa shape index (κ3) is 1.92. The van der Waals surface area contributed by atoms with E-state index in [1.165, 1.54) is 11.1 Å². The molecule has 1 unspecified atom stereocenters. The lowest BCUT2D eigenvalue weighted by molar-refractivity contribution is 0.0968. The van der Waals surface area contributed by atoms with Gasteiger partial charge in [0.2, 0.25) is 0 Å². The molecule has 1 aliphatic rings. The molecular formula is C12H14ClNO. The fourth-order valence-corrected chi connectivity index (χ4v) is 2.39. The second-order valence-electron chi connectivity index (χ2n) is 4.10. The van der Waals surface area contributed by atoms with Crippen LogP contribution in [0.15, 0.2) is 12.1 Å². The number of carbonyl (C=O) groups is 1. The highest BCUT2D eigenvalue weighted by molar-refractivity contribution is 6.32. The SMILES string of the molecule is CC(N)C(=O)c1cc(Cl)c2c(c1)CCC2. The molecule has 2 nitrogen and oxygen atoms in total. The van der Waals surface area contributed by atoms with Crippen molar-refractivity contribution in [3.63, 3.8) is 0 Å². The van der Waals surface area contributed by atoms with Crippen LogP contribution in [0.25, 0.3) is 0 Å². The summed E-state index contributed by atoms with van der Waals surface area (Å²) in [5.41, 5.74) is 8.64. The van der Waals surface area contributed by atoms with Gasteiger partial charge in [-0.05, 0) is 49.4 Å². The Morgan fingerprint density at radius 1 is 1.47 bits per heavy atom. The summed E-state index contributed by atoms with van der Waals surface area (Å²) in [5, 5.41) is 0.717. The predicted octanol–water partition coefficient (Wildman–Crippen LogP) is 2.36. The molecule has 0 spiro atoms. The Bertz CT molecular complexity index is 412. The first kappa shape index (κ1) is 10.7. The Balaban J connectivity index is 2.44. The average molecular weight is 224 g/mol. The van der Waals surface area contributed by atoms with Crippen molar-refractivity contribution >= 4 is 17.4 Å². The van der Waals surface area contributed by atoms with Crippen LogP contribution in [-0.4, -0.2) is 11.8 Å². The van der Waals surface area contributed by atoms with Gasteiger partial charge in [0.15, 0.2) is 5.78 Å². The first-order valence-corrected chi connectivity index (χ1v) is 5.58. The van der Waals surface area contributed by atoms with Crippen LogP contribution < -0.4 is 5.73 Å². The number of aryl methyl sites for hydroxylation is 1. The molecular weight excluding hydrogens is 210 g/mol. The second-order valence-corrected chi connectivity index (χ2v) is 4.51. The maximum Gasteiger partial charge on any atom is 0.179 e. The van der Waals surface area contributed by atoms with Gasteiger partial charge in [-0.1, -0.05) is 11.6 Å². The molecule has 80 valence electrons. The first-order valence-electron chi connectivity index (χ1n) is 5.20. The smallest absolute Gasteiger partial charge is 0.179 e. The zero-order valence-corrected chi connectivity index (χ0v) is 9.47. The summed E-state index contributed by atoms with van der Waals surface area (Å²) < 4.78 is 0. The number of hydrogen-bond acceptors (Lipinski definition) is 2. The number of Topliss-reactive ketones (excluding diaryl/α,β-unsaturated/α-hetero) is 1. The molecule has 0 bridgehead atoms. The third-order valence-electron chi connectivity index (χ3n) is 2.86. The van der Waals surface area contributed by atoms with Crippen LogP contribution in [0.3, 0.4) is 0 Å². The van der Waals surface area contributed by atoms with Crippen molar-refractivity contribution < 1.29 is 4.79 Å². The van der Waals surface area contributed by atoms with Crippen molar-refractivity contribution in [2.75, 3.05) is 0 Å². The normalized spacial score (nSPS) is 16.2. The number of hydrogen-bond donors (Lipinski definition) is 1. The van der Waals surface area contributed by atoms with E-state index in [0.717, 1.165) is 19.3 Å². The minimum atomic E-state index is -0.458. The zero-order chi connectivity index (χ0) is 11.0. The Labute approximate surface area is 94.4 Å². The van der Waals surface area contributed by atoms with E-state index in [1.807, 2.05) is 6.07 Å². The summed E-state index contributed by atoms with van der Waals surface area (Å²) >= 11 is 6.13. The molecule has 3 heteroatoms. The van der Waals surface area contributed by atoms with Crippen molar-refractivity contribution in [1.29, 1.82) is 0 Å².